The molecule has 0 spiro atoms. The van der Waals surface area contributed by atoms with E-state index in [1.807, 2.05) is 73.5 Å². The first-order valence-corrected chi connectivity index (χ1v) is 18.5. The van der Waals surface area contributed by atoms with Crippen molar-refractivity contribution in [3.63, 3.8) is 0 Å². The number of carbonyl (C=O) groups excluding carboxylic acids is 1. The summed E-state index contributed by atoms with van der Waals surface area (Å²) in [5.41, 5.74) is 1.56. The molecule has 6 rings (SSSR count). The number of hydroxylamine groups is 2. The van der Waals surface area contributed by atoms with Crippen LogP contribution in [-0.2, 0) is 30.0 Å². The molecule has 48 heavy (non-hydrogen) atoms. The van der Waals surface area contributed by atoms with E-state index < -0.39 is 38.4 Å². The fourth-order valence-electron chi connectivity index (χ4n) is 6.85. The van der Waals surface area contributed by atoms with Gasteiger partial charge in [0.25, 0.3) is 8.32 Å². The number of esters is 1. The Morgan fingerprint density at radius 3 is 1.92 bits per heavy atom. The fraction of sp³-hybridized carbons (Fsp3) is 0.325. The summed E-state index contributed by atoms with van der Waals surface area (Å²) >= 11 is 0. The molecule has 0 aromatic heterocycles. The first kappa shape index (κ1) is 33.8. The molecule has 250 valence electrons. The molecule has 4 aromatic carbocycles. The number of hydrogen-bond acceptors (Lipinski definition) is 7. The summed E-state index contributed by atoms with van der Waals surface area (Å²) in [5.74, 6) is -1.39. The zero-order valence-electron chi connectivity index (χ0n) is 28.3. The van der Waals surface area contributed by atoms with E-state index in [-0.39, 0.29) is 17.7 Å². The number of hydrogen-bond donors (Lipinski definition) is 0. The van der Waals surface area contributed by atoms with Crippen molar-refractivity contribution in [1.29, 1.82) is 0 Å². The van der Waals surface area contributed by atoms with Gasteiger partial charge in [-0.25, -0.2) is 4.79 Å². The van der Waals surface area contributed by atoms with Crippen LogP contribution in [0.15, 0.2) is 134 Å². The Bertz CT molecular complexity index is 1620. The Morgan fingerprint density at radius 2 is 1.35 bits per heavy atom. The van der Waals surface area contributed by atoms with E-state index in [4.69, 9.17) is 23.5 Å². The Hall–Kier alpha value is -4.05. The molecule has 1 fully saturated rings. The highest BCUT2D eigenvalue weighted by Crippen LogP contribution is 2.40. The molecule has 0 amide bonds. The maximum atomic E-state index is 13.8. The molecular formula is C40H45NO6Si. The highest BCUT2D eigenvalue weighted by atomic mass is 28.4. The Balaban J connectivity index is 1.38. The summed E-state index contributed by atoms with van der Waals surface area (Å²) in [7, 11) is -2.98. The molecule has 7 nitrogen and oxygen atoms in total. The first-order valence-electron chi connectivity index (χ1n) is 16.6. The molecular weight excluding hydrogens is 619 g/mol. The van der Waals surface area contributed by atoms with Gasteiger partial charge in [-0.3, -0.25) is 0 Å². The average molecular weight is 664 g/mol. The van der Waals surface area contributed by atoms with Gasteiger partial charge in [0, 0.05) is 0 Å². The van der Waals surface area contributed by atoms with Gasteiger partial charge in [-0.1, -0.05) is 130 Å². The number of carbonyl (C=O) groups is 1. The quantitative estimate of drug-likeness (QED) is 0.132. The second-order valence-corrected chi connectivity index (χ2v) is 18.1. The van der Waals surface area contributed by atoms with Gasteiger partial charge in [-0.15, -0.1) is 5.06 Å². The predicted molar refractivity (Wildman–Crippen MR) is 189 cm³/mol. The monoisotopic (exact) mass is 663 g/mol. The van der Waals surface area contributed by atoms with Crippen molar-refractivity contribution < 1.29 is 28.3 Å². The van der Waals surface area contributed by atoms with Crippen molar-refractivity contribution in [1.82, 2.24) is 5.06 Å². The largest absolute Gasteiger partial charge is 0.453 e. The summed E-state index contributed by atoms with van der Waals surface area (Å²) in [6.07, 6.45) is 1.66. The summed E-state index contributed by atoms with van der Waals surface area (Å²) in [6, 6.07) is 39.8. The minimum atomic E-state index is -2.98. The van der Waals surface area contributed by atoms with E-state index in [1.54, 1.807) is 18.4 Å². The molecule has 2 aliphatic rings. The van der Waals surface area contributed by atoms with Gasteiger partial charge in [0.1, 0.15) is 18.5 Å². The average Bonchev–Trinajstić information content (AvgIpc) is 3.68. The van der Waals surface area contributed by atoms with Crippen LogP contribution < -0.4 is 10.4 Å². The minimum absolute atomic E-state index is 0.0996. The van der Waals surface area contributed by atoms with E-state index in [2.05, 4.69) is 81.4 Å². The lowest BCUT2D eigenvalue weighted by Crippen LogP contribution is -2.67. The standard InChI is InChI=1S/C40H45NO6Si/c1-39(2,3)48(32-22-14-8-15-23-32,33-24-16-9-17-25-33)44-29-35(45-38(42)31-20-12-7-13-21-31)37-36(46-40(4,5)47-37)34-26-27-43-41(34)28-30-18-10-6-11-19-30/h6-27,34-37H,28-29H2,1-5H3/t34-,35+,36-,37-/m0/s1. The smallest absolute Gasteiger partial charge is 0.338 e. The third-order valence-electron chi connectivity index (χ3n) is 9.00. The molecule has 0 radical (unpaired) electrons. The van der Waals surface area contributed by atoms with Gasteiger partial charge in [-0.05, 0) is 53.0 Å². The van der Waals surface area contributed by atoms with Crippen LogP contribution in [-0.4, -0.2) is 56.1 Å². The molecule has 0 saturated carbocycles. The van der Waals surface area contributed by atoms with Crippen LogP contribution >= 0.6 is 0 Å². The van der Waals surface area contributed by atoms with Crippen molar-refractivity contribution >= 4 is 24.7 Å². The van der Waals surface area contributed by atoms with Crippen LogP contribution in [0.3, 0.4) is 0 Å². The number of benzene rings is 4. The molecule has 8 heteroatoms. The molecule has 0 bridgehead atoms. The van der Waals surface area contributed by atoms with Gasteiger partial charge in [0.2, 0.25) is 0 Å². The van der Waals surface area contributed by atoms with E-state index in [0.717, 1.165) is 15.9 Å². The molecule has 0 aliphatic carbocycles. The summed E-state index contributed by atoms with van der Waals surface area (Å²) in [4.78, 5) is 19.7. The lowest BCUT2D eigenvalue weighted by atomic mass is 10.0. The van der Waals surface area contributed by atoms with Gasteiger partial charge in [0.05, 0.1) is 24.8 Å². The van der Waals surface area contributed by atoms with Crippen LogP contribution in [0.25, 0.3) is 0 Å². The lowest BCUT2D eigenvalue weighted by Gasteiger charge is -2.44. The van der Waals surface area contributed by atoms with Gasteiger partial charge >= 0.3 is 5.97 Å². The minimum Gasteiger partial charge on any atom is -0.453 e. The molecule has 4 atom stereocenters. The van der Waals surface area contributed by atoms with Crippen LogP contribution in [0.2, 0.25) is 5.04 Å². The summed E-state index contributed by atoms with van der Waals surface area (Å²) in [5, 5.41) is 3.89. The molecule has 4 aromatic rings. The lowest BCUT2D eigenvalue weighted by molar-refractivity contribution is -0.173. The Kier molecular flexibility index (Phi) is 10.0. The number of ether oxygens (including phenoxy) is 3. The van der Waals surface area contributed by atoms with Crippen molar-refractivity contribution in [3.05, 3.63) is 145 Å². The third-order valence-corrected chi connectivity index (χ3v) is 14.0. The van der Waals surface area contributed by atoms with E-state index in [0.29, 0.717) is 12.1 Å². The molecule has 2 heterocycles. The van der Waals surface area contributed by atoms with Crippen LogP contribution in [0, 0.1) is 0 Å². The maximum Gasteiger partial charge on any atom is 0.338 e. The summed E-state index contributed by atoms with van der Waals surface area (Å²) in [6.45, 7) is 11.1. The first-order chi connectivity index (χ1) is 23.1. The zero-order valence-corrected chi connectivity index (χ0v) is 29.3. The third kappa shape index (κ3) is 7.18. The second kappa shape index (κ2) is 14.2. The van der Waals surface area contributed by atoms with E-state index in [9.17, 15) is 4.79 Å². The van der Waals surface area contributed by atoms with Crippen LogP contribution in [0.1, 0.15) is 50.5 Å². The highest BCUT2D eigenvalue weighted by Gasteiger charge is 2.55. The highest BCUT2D eigenvalue weighted by molar-refractivity contribution is 6.99. The number of rotatable bonds is 11. The Labute approximate surface area is 285 Å². The van der Waals surface area contributed by atoms with Crippen molar-refractivity contribution in [2.24, 2.45) is 0 Å². The zero-order chi connectivity index (χ0) is 33.8. The van der Waals surface area contributed by atoms with Crippen LogP contribution in [0.4, 0.5) is 0 Å². The molecule has 1 saturated heterocycles. The van der Waals surface area contributed by atoms with Crippen LogP contribution in [0.5, 0.6) is 0 Å². The van der Waals surface area contributed by atoms with Crippen molar-refractivity contribution in [2.75, 3.05) is 6.61 Å². The van der Waals surface area contributed by atoms with E-state index in [1.165, 1.54) is 0 Å². The van der Waals surface area contributed by atoms with E-state index >= 15 is 0 Å². The molecule has 0 N–H and O–H groups in total. The van der Waals surface area contributed by atoms with Gasteiger partial charge in [0.15, 0.2) is 11.9 Å². The SMILES string of the molecule is CC1(C)O[C@@H]([C@@H](CO[Si](c2ccccc2)(c2ccccc2)C(C)(C)C)OC(=O)c2ccccc2)[C@H]([C@@H]2C=CON2Cc2ccccc2)O1. The molecule has 0 unspecified atom stereocenters. The van der Waals surface area contributed by atoms with Crippen molar-refractivity contribution in [3.8, 4) is 0 Å². The summed E-state index contributed by atoms with van der Waals surface area (Å²) < 4.78 is 27.0. The maximum absolute atomic E-state index is 13.8. The van der Waals surface area contributed by atoms with Crippen molar-refractivity contribution in [2.45, 2.75) is 76.3 Å². The fourth-order valence-corrected chi connectivity index (χ4v) is 11.4. The topological polar surface area (TPSA) is 66.5 Å². The molecule has 2 aliphatic heterocycles. The normalized spacial score (nSPS) is 21.5. The number of nitrogens with zero attached hydrogens (tertiary/aromatic N) is 1. The Morgan fingerprint density at radius 1 is 0.812 bits per heavy atom. The van der Waals surface area contributed by atoms with Gasteiger partial charge in [-0.2, -0.15) is 0 Å². The van der Waals surface area contributed by atoms with Gasteiger partial charge < -0.3 is 23.5 Å². The second-order valence-electron chi connectivity index (χ2n) is 13.8. The predicted octanol–water partition coefficient (Wildman–Crippen LogP) is 6.64.